The number of carbonyl (C=O) groups is 2. The van der Waals surface area contributed by atoms with Crippen molar-refractivity contribution >= 4 is 11.8 Å². The summed E-state index contributed by atoms with van der Waals surface area (Å²) in [5.41, 5.74) is 0. The Bertz CT molecular complexity index is 302. The molecule has 6 heteroatoms. The number of likely N-dealkylation sites (N-methyl/N-ethyl adjacent to an activating group) is 1. The summed E-state index contributed by atoms with van der Waals surface area (Å²) in [4.78, 5) is 29.0. The van der Waals surface area contributed by atoms with Gasteiger partial charge in [0.05, 0.1) is 13.1 Å². The fourth-order valence-electron chi connectivity index (χ4n) is 2.13. The third-order valence-corrected chi connectivity index (χ3v) is 3.38. The minimum Gasteiger partial charge on any atom is -0.342 e. The molecule has 0 atom stereocenters. The molecule has 2 amide bonds. The zero-order valence-corrected chi connectivity index (χ0v) is 10.3. The van der Waals surface area contributed by atoms with Crippen molar-refractivity contribution in [3.8, 4) is 0 Å². The first-order valence-electron chi connectivity index (χ1n) is 6.11. The quantitative estimate of drug-likeness (QED) is 0.618. The molecule has 17 heavy (non-hydrogen) atoms. The zero-order valence-electron chi connectivity index (χ0n) is 10.3. The third kappa shape index (κ3) is 3.17. The maximum atomic E-state index is 12.0. The molecule has 0 aromatic heterocycles. The van der Waals surface area contributed by atoms with E-state index < -0.39 is 0 Å². The SMILES string of the molecule is CN1CCN(C(=O)CN2CCNCC2)CC1=O. The summed E-state index contributed by atoms with van der Waals surface area (Å²) in [6.07, 6.45) is 0. The van der Waals surface area contributed by atoms with Crippen LogP contribution in [0.15, 0.2) is 0 Å². The molecular formula is C11H20N4O2. The van der Waals surface area contributed by atoms with Gasteiger partial charge in [0.1, 0.15) is 0 Å². The van der Waals surface area contributed by atoms with Gasteiger partial charge in [-0.05, 0) is 0 Å². The monoisotopic (exact) mass is 240 g/mol. The van der Waals surface area contributed by atoms with Crippen LogP contribution in [-0.4, -0.2) is 85.9 Å². The van der Waals surface area contributed by atoms with Crippen LogP contribution in [0, 0.1) is 0 Å². The number of rotatable bonds is 2. The summed E-state index contributed by atoms with van der Waals surface area (Å²) in [7, 11) is 1.78. The highest BCUT2D eigenvalue weighted by molar-refractivity contribution is 5.86. The van der Waals surface area contributed by atoms with Crippen LogP contribution in [0.5, 0.6) is 0 Å². The van der Waals surface area contributed by atoms with Gasteiger partial charge in [0, 0.05) is 46.3 Å². The van der Waals surface area contributed by atoms with Crippen LogP contribution in [0.25, 0.3) is 0 Å². The first-order chi connectivity index (χ1) is 8.16. The summed E-state index contributed by atoms with van der Waals surface area (Å²) >= 11 is 0. The van der Waals surface area contributed by atoms with Gasteiger partial charge in [0.15, 0.2) is 0 Å². The number of nitrogens with zero attached hydrogens (tertiary/aromatic N) is 3. The second kappa shape index (κ2) is 5.46. The van der Waals surface area contributed by atoms with Crippen molar-refractivity contribution in [2.24, 2.45) is 0 Å². The molecule has 0 bridgehead atoms. The first-order valence-corrected chi connectivity index (χ1v) is 6.11. The second-order valence-electron chi connectivity index (χ2n) is 4.66. The van der Waals surface area contributed by atoms with E-state index in [1.54, 1.807) is 16.8 Å². The Hall–Kier alpha value is -1.14. The van der Waals surface area contributed by atoms with E-state index in [9.17, 15) is 9.59 Å². The summed E-state index contributed by atoms with van der Waals surface area (Å²) in [6.45, 7) is 5.68. The van der Waals surface area contributed by atoms with Crippen molar-refractivity contribution in [1.82, 2.24) is 20.0 Å². The average Bonchev–Trinajstić information content (AvgIpc) is 2.34. The van der Waals surface area contributed by atoms with E-state index in [0.717, 1.165) is 26.2 Å². The van der Waals surface area contributed by atoms with Crippen LogP contribution in [0.3, 0.4) is 0 Å². The van der Waals surface area contributed by atoms with E-state index in [-0.39, 0.29) is 18.4 Å². The minimum atomic E-state index is 0.0323. The molecule has 2 aliphatic heterocycles. The summed E-state index contributed by atoms with van der Waals surface area (Å²) in [5, 5.41) is 3.25. The molecule has 0 saturated carbocycles. The van der Waals surface area contributed by atoms with Crippen molar-refractivity contribution in [3.63, 3.8) is 0 Å². The highest BCUT2D eigenvalue weighted by atomic mass is 16.2. The molecule has 2 rings (SSSR count). The topological polar surface area (TPSA) is 55.9 Å². The molecule has 0 spiro atoms. The van der Waals surface area contributed by atoms with Crippen LogP contribution < -0.4 is 5.32 Å². The molecule has 2 heterocycles. The number of amides is 2. The van der Waals surface area contributed by atoms with Crippen LogP contribution in [0.1, 0.15) is 0 Å². The van der Waals surface area contributed by atoms with Crippen molar-refractivity contribution in [1.29, 1.82) is 0 Å². The maximum absolute atomic E-state index is 12.0. The van der Waals surface area contributed by atoms with Crippen LogP contribution in [0.2, 0.25) is 0 Å². The fourth-order valence-corrected chi connectivity index (χ4v) is 2.13. The van der Waals surface area contributed by atoms with Gasteiger partial charge in [-0.3, -0.25) is 14.5 Å². The number of hydrogen-bond acceptors (Lipinski definition) is 4. The van der Waals surface area contributed by atoms with Crippen molar-refractivity contribution in [3.05, 3.63) is 0 Å². The van der Waals surface area contributed by atoms with Crippen molar-refractivity contribution < 1.29 is 9.59 Å². The Labute approximate surface area is 102 Å². The minimum absolute atomic E-state index is 0.0323. The Morgan fingerprint density at radius 2 is 1.94 bits per heavy atom. The van der Waals surface area contributed by atoms with Crippen LogP contribution in [-0.2, 0) is 9.59 Å². The zero-order chi connectivity index (χ0) is 12.3. The van der Waals surface area contributed by atoms with E-state index in [1.807, 2.05) is 0 Å². The van der Waals surface area contributed by atoms with Gasteiger partial charge in [-0.1, -0.05) is 0 Å². The molecule has 0 unspecified atom stereocenters. The van der Waals surface area contributed by atoms with E-state index in [0.29, 0.717) is 19.6 Å². The van der Waals surface area contributed by atoms with Gasteiger partial charge >= 0.3 is 0 Å². The normalized spacial score (nSPS) is 23.0. The lowest BCUT2D eigenvalue weighted by atomic mass is 10.3. The number of piperazine rings is 2. The molecule has 0 aromatic rings. The number of carbonyl (C=O) groups excluding carboxylic acids is 2. The van der Waals surface area contributed by atoms with Gasteiger partial charge in [-0.15, -0.1) is 0 Å². The number of hydrogen-bond donors (Lipinski definition) is 1. The Morgan fingerprint density at radius 3 is 2.59 bits per heavy atom. The van der Waals surface area contributed by atoms with Crippen molar-refractivity contribution in [2.45, 2.75) is 0 Å². The molecular weight excluding hydrogens is 220 g/mol. The maximum Gasteiger partial charge on any atom is 0.241 e. The van der Waals surface area contributed by atoms with E-state index >= 15 is 0 Å². The third-order valence-electron chi connectivity index (χ3n) is 3.38. The van der Waals surface area contributed by atoms with E-state index in [2.05, 4.69) is 10.2 Å². The second-order valence-corrected chi connectivity index (χ2v) is 4.66. The van der Waals surface area contributed by atoms with Crippen LogP contribution in [0.4, 0.5) is 0 Å². The lowest BCUT2D eigenvalue weighted by Gasteiger charge is -2.34. The Morgan fingerprint density at radius 1 is 1.24 bits per heavy atom. The average molecular weight is 240 g/mol. The molecule has 2 saturated heterocycles. The molecule has 6 nitrogen and oxygen atoms in total. The standard InChI is InChI=1S/C11H20N4O2/c1-13-6-7-15(9-10(13)16)11(17)8-14-4-2-12-3-5-14/h12H,2-9H2,1H3. The number of nitrogens with one attached hydrogen (secondary N) is 1. The van der Waals surface area contributed by atoms with Crippen LogP contribution >= 0.6 is 0 Å². The summed E-state index contributed by atoms with van der Waals surface area (Å²) in [6, 6.07) is 0. The molecule has 0 radical (unpaired) electrons. The first kappa shape index (κ1) is 12.3. The fraction of sp³-hybridized carbons (Fsp3) is 0.818. The molecule has 96 valence electrons. The van der Waals surface area contributed by atoms with Gasteiger partial charge in [-0.2, -0.15) is 0 Å². The van der Waals surface area contributed by atoms with Gasteiger partial charge in [0.25, 0.3) is 0 Å². The van der Waals surface area contributed by atoms with Gasteiger partial charge in [0.2, 0.25) is 11.8 Å². The molecule has 0 aromatic carbocycles. The molecule has 1 N–H and O–H groups in total. The largest absolute Gasteiger partial charge is 0.342 e. The van der Waals surface area contributed by atoms with Gasteiger partial charge < -0.3 is 15.1 Å². The lowest BCUT2D eigenvalue weighted by molar-refractivity contribution is -0.144. The molecule has 2 fully saturated rings. The van der Waals surface area contributed by atoms with E-state index in [1.165, 1.54) is 0 Å². The highest BCUT2D eigenvalue weighted by Gasteiger charge is 2.26. The summed E-state index contributed by atoms with van der Waals surface area (Å²) in [5.74, 6) is 0.110. The lowest BCUT2D eigenvalue weighted by Crippen LogP contribution is -2.54. The molecule has 2 aliphatic rings. The van der Waals surface area contributed by atoms with E-state index in [4.69, 9.17) is 0 Å². The smallest absolute Gasteiger partial charge is 0.241 e. The predicted octanol–water partition coefficient (Wildman–Crippen LogP) is -1.81. The Kier molecular flexibility index (Phi) is 3.96. The van der Waals surface area contributed by atoms with Crippen molar-refractivity contribution in [2.75, 3.05) is 59.4 Å². The van der Waals surface area contributed by atoms with Gasteiger partial charge in [-0.25, -0.2) is 0 Å². The molecule has 0 aliphatic carbocycles. The Balaban J connectivity index is 1.81. The predicted molar refractivity (Wildman–Crippen MR) is 63.5 cm³/mol. The highest BCUT2D eigenvalue weighted by Crippen LogP contribution is 2.03. The summed E-state index contributed by atoms with van der Waals surface area (Å²) < 4.78 is 0.